The zero-order chi connectivity index (χ0) is 20.6. The lowest BCUT2D eigenvalue weighted by Gasteiger charge is -2.13. The first-order chi connectivity index (χ1) is 13.1. The van der Waals surface area contributed by atoms with E-state index in [2.05, 4.69) is 10.3 Å². The second-order valence-corrected chi connectivity index (χ2v) is 6.22. The molecule has 3 rings (SSSR count). The van der Waals surface area contributed by atoms with Gasteiger partial charge < -0.3 is 14.9 Å². The summed E-state index contributed by atoms with van der Waals surface area (Å²) in [5.41, 5.74) is -1.47. The summed E-state index contributed by atoms with van der Waals surface area (Å²) in [5, 5.41) is 2.42. The lowest BCUT2D eigenvalue weighted by atomic mass is 10.1. The topological polar surface area (TPSA) is 84.0 Å². The number of aryl methyl sites for hydroxylation is 2. The Morgan fingerprint density at radius 1 is 1.14 bits per heavy atom. The summed E-state index contributed by atoms with van der Waals surface area (Å²) in [4.78, 5) is 38.5. The SMILES string of the molecule is CCn1c(=O)c(=O)[nH]c2cc(C(=O)Nc3ccc(C)c(C(F)(F)F)c3)ccc21. The molecule has 0 atom stereocenters. The Morgan fingerprint density at radius 2 is 1.86 bits per heavy atom. The lowest BCUT2D eigenvalue weighted by molar-refractivity contribution is -0.138. The number of nitrogens with one attached hydrogen (secondary N) is 2. The third-order valence-corrected chi connectivity index (χ3v) is 4.35. The van der Waals surface area contributed by atoms with E-state index in [0.29, 0.717) is 5.52 Å². The van der Waals surface area contributed by atoms with Crippen LogP contribution in [0.25, 0.3) is 11.0 Å². The number of alkyl halides is 3. The van der Waals surface area contributed by atoms with Crippen LogP contribution in [0.5, 0.6) is 0 Å². The van der Waals surface area contributed by atoms with Gasteiger partial charge in [-0.3, -0.25) is 14.4 Å². The van der Waals surface area contributed by atoms with Gasteiger partial charge in [-0.05, 0) is 49.7 Å². The van der Waals surface area contributed by atoms with E-state index in [1.54, 1.807) is 6.92 Å². The monoisotopic (exact) mass is 391 g/mol. The van der Waals surface area contributed by atoms with Gasteiger partial charge in [0.2, 0.25) is 0 Å². The van der Waals surface area contributed by atoms with Crippen LogP contribution >= 0.6 is 0 Å². The Hall–Kier alpha value is -3.36. The molecule has 6 nitrogen and oxygen atoms in total. The highest BCUT2D eigenvalue weighted by Crippen LogP contribution is 2.33. The van der Waals surface area contributed by atoms with Crippen LogP contribution in [0.4, 0.5) is 18.9 Å². The largest absolute Gasteiger partial charge is 0.416 e. The Morgan fingerprint density at radius 3 is 2.50 bits per heavy atom. The van der Waals surface area contributed by atoms with Crippen molar-refractivity contribution in [3.05, 3.63) is 73.8 Å². The van der Waals surface area contributed by atoms with Gasteiger partial charge >= 0.3 is 17.3 Å². The minimum absolute atomic E-state index is 0.00459. The number of benzene rings is 2. The van der Waals surface area contributed by atoms with Crippen molar-refractivity contribution in [2.75, 3.05) is 5.32 Å². The first kappa shape index (κ1) is 19.4. The maximum absolute atomic E-state index is 13.0. The molecule has 1 heterocycles. The molecule has 2 aromatic carbocycles. The number of hydrogen-bond acceptors (Lipinski definition) is 3. The molecule has 0 aliphatic carbocycles. The highest BCUT2D eigenvalue weighted by Gasteiger charge is 2.32. The predicted molar refractivity (Wildman–Crippen MR) is 98.6 cm³/mol. The van der Waals surface area contributed by atoms with Crippen LogP contribution in [0.1, 0.15) is 28.4 Å². The smallest absolute Gasteiger partial charge is 0.322 e. The van der Waals surface area contributed by atoms with Gasteiger partial charge in [-0.15, -0.1) is 0 Å². The first-order valence-electron chi connectivity index (χ1n) is 8.38. The summed E-state index contributed by atoms with van der Waals surface area (Å²) in [7, 11) is 0. The molecule has 0 aliphatic rings. The summed E-state index contributed by atoms with van der Waals surface area (Å²) in [6.45, 7) is 3.31. The van der Waals surface area contributed by atoms with E-state index in [4.69, 9.17) is 0 Å². The Kier molecular flexibility index (Phi) is 4.84. The third kappa shape index (κ3) is 3.55. The molecule has 0 fully saturated rings. The molecular formula is C19H16F3N3O3. The molecule has 0 spiro atoms. The fraction of sp³-hybridized carbons (Fsp3) is 0.211. The number of hydrogen-bond donors (Lipinski definition) is 2. The number of fused-ring (bicyclic) bond motifs is 1. The summed E-state index contributed by atoms with van der Waals surface area (Å²) < 4.78 is 40.4. The van der Waals surface area contributed by atoms with E-state index in [-0.39, 0.29) is 28.9 Å². The normalized spacial score (nSPS) is 11.6. The molecule has 0 aliphatic heterocycles. The van der Waals surface area contributed by atoms with E-state index < -0.39 is 28.8 Å². The molecule has 0 unspecified atom stereocenters. The molecule has 0 bridgehead atoms. The van der Waals surface area contributed by atoms with Gasteiger partial charge in [-0.25, -0.2) is 0 Å². The number of rotatable bonds is 3. The number of carbonyl (C=O) groups excluding carboxylic acids is 1. The van der Waals surface area contributed by atoms with Gasteiger partial charge in [0.25, 0.3) is 5.91 Å². The van der Waals surface area contributed by atoms with Gasteiger partial charge in [-0.1, -0.05) is 6.07 Å². The first-order valence-corrected chi connectivity index (χ1v) is 8.38. The molecule has 28 heavy (non-hydrogen) atoms. The zero-order valence-corrected chi connectivity index (χ0v) is 15.0. The molecular weight excluding hydrogens is 375 g/mol. The van der Waals surface area contributed by atoms with E-state index >= 15 is 0 Å². The zero-order valence-electron chi connectivity index (χ0n) is 15.0. The summed E-state index contributed by atoms with van der Waals surface area (Å²) in [5.74, 6) is -0.644. The minimum atomic E-state index is -4.53. The molecule has 1 amide bonds. The molecule has 0 saturated heterocycles. The number of nitrogens with zero attached hydrogens (tertiary/aromatic N) is 1. The van der Waals surface area contributed by atoms with E-state index in [9.17, 15) is 27.6 Å². The number of aromatic nitrogens is 2. The van der Waals surface area contributed by atoms with Crippen molar-refractivity contribution in [2.45, 2.75) is 26.6 Å². The fourth-order valence-corrected chi connectivity index (χ4v) is 2.94. The summed E-state index contributed by atoms with van der Waals surface area (Å²) in [6, 6.07) is 7.82. The lowest BCUT2D eigenvalue weighted by Crippen LogP contribution is -2.36. The van der Waals surface area contributed by atoms with E-state index in [0.717, 1.165) is 6.07 Å². The van der Waals surface area contributed by atoms with Crippen molar-refractivity contribution in [1.29, 1.82) is 0 Å². The Balaban J connectivity index is 1.98. The number of aromatic amines is 1. The summed E-state index contributed by atoms with van der Waals surface area (Å²) >= 11 is 0. The van der Waals surface area contributed by atoms with Crippen LogP contribution in [0, 0.1) is 6.92 Å². The van der Waals surface area contributed by atoms with Crippen molar-refractivity contribution in [2.24, 2.45) is 0 Å². The maximum atomic E-state index is 13.0. The van der Waals surface area contributed by atoms with Crippen LogP contribution in [-0.2, 0) is 12.7 Å². The van der Waals surface area contributed by atoms with Gasteiger partial charge in [0, 0.05) is 17.8 Å². The number of H-pyrrole nitrogens is 1. The summed E-state index contributed by atoms with van der Waals surface area (Å²) in [6.07, 6.45) is -4.53. The highest BCUT2D eigenvalue weighted by molar-refractivity contribution is 6.05. The highest BCUT2D eigenvalue weighted by atomic mass is 19.4. The molecule has 146 valence electrons. The van der Waals surface area contributed by atoms with Gasteiger partial charge in [-0.2, -0.15) is 13.2 Å². The Labute approximate surface area is 156 Å². The standard InChI is InChI=1S/C19H16F3N3O3/c1-3-25-15-7-5-11(8-14(15)24-17(27)18(25)28)16(26)23-12-6-4-10(2)13(9-12)19(20,21)22/h4-9H,3H2,1-2H3,(H,23,26)(H,24,27). The molecule has 0 saturated carbocycles. The van der Waals surface area contributed by atoms with Crippen LogP contribution in [0.15, 0.2) is 46.0 Å². The predicted octanol–water partition coefficient (Wildman–Crippen LogP) is 3.29. The molecule has 0 radical (unpaired) electrons. The van der Waals surface area contributed by atoms with Gasteiger partial charge in [0.15, 0.2) is 0 Å². The Bertz CT molecular complexity index is 1190. The number of halogens is 3. The van der Waals surface area contributed by atoms with Crippen molar-refractivity contribution in [3.63, 3.8) is 0 Å². The van der Waals surface area contributed by atoms with E-state index in [1.807, 2.05) is 0 Å². The van der Waals surface area contributed by atoms with Crippen molar-refractivity contribution in [3.8, 4) is 0 Å². The number of amides is 1. The second-order valence-electron chi connectivity index (χ2n) is 6.22. The molecule has 2 N–H and O–H groups in total. The maximum Gasteiger partial charge on any atom is 0.416 e. The fourth-order valence-electron chi connectivity index (χ4n) is 2.94. The van der Waals surface area contributed by atoms with Crippen molar-refractivity contribution >= 4 is 22.6 Å². The average molecular weight is 391 g/mol. The third-order valence-electron chi connectivity index (χ3n) is 4.35. The van der Waals surface area contributed by atoms with Crippen molar-refractivity contribution in [1.82, 2.24) is 9.55 Å². The van der Waals surface area contributed by atoms with Crippen LogP contribution < -0.4 is 16.4 Å². The number of anilines is 1. The number of carbonyl (C=O) groups is 1. The molecule has 9 heteroatoms. The van der Waals surface area contributed by atoms with Crippen LogP contribution in [0.3, 0.4) is 0 Å². The quantitative estimate of drug-likeness (QED) is 0.672. The molecule has 3 aromatic rings. The second kappa shape index (κ2) is 6.99. The minimum Gasteiger partial charge on any atom is -0.322 e. The van der Waals surface area contributed by atoms with Crippen LogP contribution in [-0.4, -0.2) is 15.5 Å². The average Bonchev–Trinajstić information content (AvgIpc) is 2.63. The molecule has 1 aromatic heterocycles. The van der Waals surface area contributed by atoms with Gasteiger partial charge in [0.05, 0.1) is 16.6 Å². The van der Waals surface area contributed by atoms with Crippen molar-refractivity contribution < 1.29 is 18.0 Å². The van der Waals surface area contributed by atoms with Gasteiger partial charge in [0.1, 0.15) is 0 Å². The van der Waals surface area contributed by atoms with Crippen LogP contribution in [0.2, 0.25) is 0 Å². The van der Waals surface area contributed by atoms with E-state index in [1.165, 1.54) is 41.8 Å².